The van der Waals surface area contributed by atoms with Gasteiger partial charge in [-0.2, -0.15) is 0 Å². The number of fused-ring (bicyclic) bond motifs is 1. The van der Waals surface area contributed by atoms with Gasteiger partial charge < -0.3 is 9.47 Å². The van der Waals surface area contributed by atoms with Crippen LogP contribution in [-0.2, 0) is 29.7 Å². The van der Waals surface area contributed by atoms with Gasteiger partial charge in [0.15, 0.2) is 9.84 Å². The highest BCUT2D eigenvalue weighted by molar-refractivity contribution is 7.91. The number of carbonyl (C=O) groups is 1. The SMILES string of the molecule is COC(=O)C1(OC)CS(=O)(=O)c2ccccc21. The second kappa shape index (κ2) is 3.82. The van der Waals surface area contributed by atoms with Crippen LogP contribution >= 0.6 is 0 Å². The standard InChI is InChI=1S/C11H12O5S/c1-15-10(12)11(16-2)7-17(13,14)9-6-4-3-5-8(9)11/h3-6H,7H2,1-2H3. The Bertz CT molecular complexity index is 563. The fraction of sp³-hybridized carbons (Fsp3) is 0.364. The van der Waals surface area contributed by atoms with E-state index in [-0.39, 0.29) is 4.90 Å². The Kier molecular flexibility index (Phi) is 2.71. The van der Waals surface area contributed by atoms with E-state index >= 15 is 0 Å². The summed E-state index contributed by atoms with van der Waals surface area (Å²) in [7, 11) is -1.00. The molecule has 1 aromatic carbocycles. The van der Waals surface area contributed by atoms with E-state index in [1.807, 2.05) is 0 Å². The van der Waals surface area contributed by atoms with Crippen LogP contribution < -0.4 is 0 Å². The average molecular weight is 256 g/mol. The van der Waals surface area contributed by atoms with E-state index in [1.54, 1.807) is 18.2 Å². The minimum atomic E-state index is -3.51. The molecule has 1 unspecified atom stereocenters. The van der Waals surface area contributed by atoms with Gasteiger partial charge in [-0.15, -0.1) is 0 Å². The lowest BCUT2D eigenvalue weighted by molar-refractivity contribution is -0.164. The smallest absolute Gasteiger partial charge is 0.343 e. The molecule has 1 atom stereocenters. The third-order valence-corrected chi connectivity index (χ3v) is 4.73. The maximum Gasteiger partial charge on any atom is 0.343 e. The Morgan fingerprint density at radius 3 is 2.53 bits per heavy atom. The van der Waals surface area contributed by atoms with Crippen molar-refractivity contribution in [1.29, 1.82) is 0 Å². The largest absolute Gasteiger partial charge is 0.467 e. The van der Waals surface area contributed by atoms with Gasteiger partial charge in [0, 0.05) is 12.7 Å². The second-order valence-corrected chi connectivity index (χ2v) is 5.74. The molecule has 2 rings (SSSR count). The summed E-state index contributed by atoms with van der Waals surface area (Å²) in [6, 6.07) is 6.31. The second-order valence-electron chi connectivity index (χ2n) is 3.78. The number of esters is 1. The summed E-state index contributed by atoms with van der Waals surface area (Å²) in [4.78, 5) is 11.9. The van der Waals surface area contributed by atoms with Crippen molar-refractivity contribution in [3.63, 3.8) is 0 Å². The Balaban J connectivity index is 2.72. The summed E-state index contributed by atoms with van der Waals surface area (Å²) in [5.74, 6) is -1.11. The molecular weight excluding hydrogens is 244 g/mol. The maximum atomic E-state index is 12.0. The zero-order valence-electron chi connectivity index (χ0n) is 9.47. The number of sulfone groups is 1. The number of ether oxygens (including phenoxy) is 2. The van der Waals surface area contributed by atoms with Crippen LogP contribution in [0.3, 0.4) is 0 Å². The van der Waals surface area contributed by atoms with Crippen molar-refractivity contribution in [2.24, 2.45) is 0 Å². The molecule has 1 heterocycles. The van der Waals surface area contributed by atoms with Crippen molar-refractivity contribution in [2.45, 2.75) is 10.5 Å². The normalized spacial score (nSPS) is 25.3. The van der Waals surface area contributed by atoms with Gasteiger partial charge in [0.1, 0.15) is 0 Å². The molecule has 0 N–H and O–H groups in total. The van der Waals surface area contributed by atoms with Crippen LogP contribution in [0.2, 0.25) is 0 Å². The Morgan fingerprint density at radius 1 is 1.29 bits per heavy atom. The van der Waals surface area contributed by atoms with Crippen LogP contribution in [-0.4, -0.2) is 34.4 Å². The molecule has 1 aliphatic rings. The van der Waals surface area contributed by atoms with E-state index in [4.69, 9.17) is 4.74 Å². The number of methoxy groups -OCH3 is 2. The van der Waals surface area contributed by atoms with Gasteiger partial charge in [0.25, 0.3) is 0 Å². The van der Waals surface area contributed by atoms with Crippen molar-refractivity contribution >= 4 is 15.8 Å². The van der Waals surface area contributed by atoms with Crippen molar-refractivity contribution in [3.8, 4) is 0 Å². The van der Waals surface area contributed by atoms with Crippen LogP contribution in [0.1, 0.15) is 5.56 Å². The molecule has 1 aliphatic heterocycles. The van der Waals surface area contributed by atoms with Crippen LogP contribution in [0.25, 0.3) is 0 Å². The Labute approximate surface area is 99.3 Å². The molecule has 6 heteroatoms. The first-order chi connectivity index (χ1) is 7.98. The van der Waals surface area contributed by atoms with Gasteiger partial charge in [0.05, 0.1) is 17.8 Å². The van der Waals surface area contributed by atoms with Crippen molar-refractivity contribution in [1.82, 2.24) is 0 Å². The molecule has 0 aromatic heterocycles. The Hall–Kier alpha value is -1.40. The predicted molar refractivity (Wildman–Crippen MR) is 59.2 cm³/mol. The zero-order chi connectivity index (χ0) is 12.7. The van der Waals surface area contributed by atoms with Gasteiger partial charge in [-0.05, 0) is 6.07 Å². The summed E-state index contributed by atoms with van der Waals surface area (Å²) < 4.78 is 33.7. The number of hydrogen-bond acceptors (Lipinski definition) is 5. The van der Waals surface area contributed by atoms with Crippen molar-refractivity contribution in [3.05, 3.63) is 29.8 Å². The molecule has 0 aliphatic carbocycles. The third-order valence-electron chi connectivity index (χ3n) is 2.91. The minimum absolute atomic E-state index is 0.132. The first kappa shape index (κ1) is 12.1. The molecule has 0 bridgehead atoms. The minimum Gasteiger partial charge on any atom is -0.467 e. The van der Waals surface area contributed by atoms with Crippen LogP contribution in [0.4, 0.5) is 0 Å². The number of rotatable bonds is 2. The molecule has 0 radical (unpaired) electrons. The first-order valence-electron chi connectivity index (χ1n) is 4.94. The average Bonchev–Trinajstić information content (AvgIpc) is 2.58. The molecule has 1 aromatic rings. The molecule has 0 saturated carbocycles. The highest BCUT2D eigenvalue weighted by Gasteiger charge is 2.53. The van der Waals surface area contributed by atoms with Gasteiger partial charge >= 0.3 is 5.97 Å². The van der Waals surface area contributed by atoms with E-state index in [9.17, 15) is 13.2 Å². The summed E-state index contributed by atoms with van der Waals surface area (Å²) >= 11 is 0. The molecule has 5 nitrogen and oxygen atoms in total. The summed E-state index contributed by atoms with van der Waals surface area (Å²) in [6.07, 6.45) is 0. The summed E-state index contributed by atoms with van der Waals surface area (Å²) in [5.41, 5.74) is -1.20. The van der Waals surface area contributed by atoms with Crippen LogP contribution in [0.15, 0.2) is 29.2 Å². The fourth-order valence-corrected chi connectivity index (χ4v) is 4.02. The van der Waals surface area contributed by atoms with E-state index < -0.39 is 27.2 Å². The lowest BCUT2D eigenvalue weighted by Crippen LogP contribution is -2.40. The highest BCUT2D eigenvalue weighted by atomic mass is 32.2. The van der Waals surface area contributed by atoms with E-state index in [1.165, 1.54) is 20.3 Å². The van der Waals surface area contributed by atoms with Gasteiger partial charge in [-0.25, -0.2) is 13.2 Å². The molecule has 0 spiro atoms. The maximum absolute atomic E-state index is 12.0. The monoisotopic (exact) mass is 256 g/mol. The summed E-state index contributed by atoms with van der Waals surface area (Å²) in [6.45, 7) is 0. The first-order valence-corrected chi connectivity index (χ1v) is 6.59. The lowest BCUT2D eigenvalue weighted by atomic mass is 9.96. The van der Waals surface area contributed by atoms with E-state index in [2.05, 4.69) is 4.74 Å². The topological polar surface area (TPSA) is 69.7 Å². The van der Waals surface area contributed by atoms with Gasteiger partial charge in [-0.1, -0.05) is 18.2 Å². The molecule has 0 amide bonds. The number of hydrogen-bond donors (Lipinski definition) is 0. The molecule has 92 valence electrons. The third kappa shape index (κ3) is 1.56. The zero-order valence-corrected chi connectivity index (χ0v) is 10.3. The van der Waals surface area contributed by atoms with Gasteiger partial charge in [0.2, 0.25) is 5.60 Å². The van der Waals surface area contributed by atoms with E-state index in [0.29, 0.717) is 5.56 Å². The molecule has 0 fully saturated rings. The lowest BCUT2D eigenvalue weighted by Gasteiger charge is -2.23. The predicted octanol–water partition coefficient (Wildman–Crippen LogP) is 0.489. The van der Waals surface area contributed by atoms with Crippen molar-refractivity contribution in [2.75, 3.05) is 20.0 Å². The number of benzene rings is 1. The summed E-state index contributed by atoms with van der Waals surface area (Å²) in [5, 5.41) is 0. The van der Waals surface area contributed by atoms with Crippen LogP contribution in [0.5, 0.6) is 0 Å². The molecule has 17 heavy (non-hydrogen) atoms. The van der Waals surface area contributed by atoms with E-state index in [0.717, 1.165) is 0 Å². The molecule has 0 saturated heterocycles. The Morgan fingerprint density at radius 2 is 1.94 bits per heavy atom. The number of carbonyl (C=O) groups excluding carboxylic acids is 1. The quantitative estimate of drug-likeness (QED) is 0.720. The van der Waals surface area contributed by atoms with Crippen molar-refractivity contribution < 1.29 is 22.7 Å². The van der Waals surface area contributed by atoms with Gasteiger partial charge in [-0.3, -0.25) is 0 Å². The highest BCUT2D eigenvalue weighted by Crippen LogP contribution is 2.41. The fourth-order valence-electron chi connectivity index (χ4n) is 2.08. The molecular formula is C11H12O5S. The van der Waals surface area contributed by atoms with Crippen LogP contribution in [0, 0.1) is 0 Å².